The molecule has 1 aromatic heterocycles. The Kier molecular flexibility index (Phi) is 6.12. The van der Waals surface area contributed by atoms with Crippen LogP contribution in [-0.2, 0) is 11.8 Å². The number of nitrogens with zero attached hydrogens (tertiary/aromatic N) is 2. The second kappa shape index (κ2) is 9.83. The highest BCUT2D eigenvalue weighted by Crippen LogP contribution is 2.61. The van der Waals surface area contributed by atoms with Crippen molar-refractivity contribution in [3.8, 4) is 11.3 Å². The van der Waals surface area contributed by atoms with Gasteiger partial charge in [-0.3, -0.25) is 9.59 Å². The van der Waals surface area contributed by atoms with Gasteiger partial charge in [-0.05, 0) is 98.8 Å². The van der Waals surface area contributed by atoms with E-state index < -0.39 is 0 Å². The van der Waals surface area contributed by atoms with E-state index in [9.17, 15) is 9.59 Å². The SMILES string of the molecule is Cc1ccc(-c2c(C3c4ccccc4C(=O)N3CC(=O)NC(C)C34CC5CC(CC(C5)C3)C4)c3ccccc3n2C)cc1. The van der Waals surface area contributed by atoms with E-state index in [1.54, 1.807) is 0 Å². The van der Waals surface area contributed by atoms with Crippen LogP contribution in [0.25, 0.3) is 22.2 Å². The number of aryl methyl sites for hydroxylation is 2. The van der Waals surface area contributed by atoms with E-state index in [-0.39, 0.29) is 35.9 Å². The van der Waals surface area contributed by atoms with Crippen molar-refractivity contribution < 1.29 is 9.59 Å². The molecule has 43 heavy (non-hydrogen) atoms. The van der Waals surface area contributed by atoms with Gasteiger partial charge in [-0.1, -0.05) is 66.2 Å². The number of aromatic nitrogens is 1. The van der Waals surface area contributed by atoms with Crippen LogP contribution in [0.3, 0.4) is 0 Å². The normalized spacial score (nSPS) is 28.0. The quantitative estimate of drug-likeness (QED) is 0.262. The third-order valence-electron chi connectivity index (χ3n) is 11.5. The first-order chi connectivity index (χ1) is 20.8. The molecular weight excluding hydrogens is 530 g/mol. The van der Waals surface area contributed by atoms with Crippen molar-refractivity contribution in [2.45, 2.75) is 64.5 Å². The number of para-hydroxylation sites is 1. The number of benzene rings is 3. The van der Waals surface area contributed by atoms with E-state index in [2.05, 4.69) is 85.4 Å². The number of hydrogen-bond donors (Lipinski definition) is 1. The summed E-state index contributed by atoms with van der Waals surface area (Å²) < 4.78 is 2.24. The van der Waals surface area contributed by atoms with Gasteiger partial charge in [0, 0.05) is 35.1 Å². The Hall–Kier alpha value is -3.86. The summed E-state index contributed by atoms with van der Waals surface area (Å²) in [4.78, 5) is 29.9. The van der Waals surface area contributed by atoms with Gasteiger partial charge in [0.15, 0.2) is 0 Å². The fourth-order valence-corrected chi connectivity index (χ4v) is 9.91. The van der Waals surface area contributed by atoms with E-state index in [4.69, 9.17) is 0 Å². The summed E-state index contributed by atoms with van der Waals surface area (Å²) in [7, 11) is 2.11. The molecule has 2 heterocycles. The van der Waals surface area contributed by atoms with E-state index in [1.807, 2.05) is 23.1 Å². The predicted molar refractivity (Wildman–Crippen MR) is 171 cm³/mol. The minimum atomic E-state index is -0.355. The van der Waals surface area contributed by atoms with Crippen LogP contribution < -0.4 is 5.32 Å². The van der Waals surface area contributed by atoms with Gasteiger partial charge < -0.3 is 14.8 Å². The first-order valence-corrected chi connectivity index (χ1v) is 16.1. The molecule has 5 heteroatoms. The molecule has 2 unspecified atom stereocenters. The van der Waals surface area contributed by atoms with Gasteiger partial charge >= 0.3 is 0 Å². The molecule has 4 fully saturated rings. The lowest BCUT2D eigenvalue weighted by atomic mass is 9.48. The first-order valence-electron chi connectivity index (χ1n) is 16.1. The number of fused-ring (bicyclic) bond motifs is 2. The molecule has 4 aliphatic carbocycles. The van der Waals surface area contributed by atoms with Crippen molar-refractivity contribution in [2.24, 2.45) is 30.2 Å². The lowest BCUT2D eigenvalue weighted by Gasteiger charge is -2.59. The average molecular weight is 572 g/mol. The van der Waals surface area contributed by atoms with Gasteiger partial charge in [0.05, 0.1) is 11.7 Å². The molecule has 220 valence electrons. The molecule has 3 aromatic carbocycles. The standard InChI is InChI=1S/C38H41N3O2/c1-23-12-14-28(15-13-23)35-34(31-10-6-7-11-32(31)40(35)3)36-29-8-4-5-9-30(29)37(43)41(36)22-33(42)39-24(2)38-19-25-16-26(20-38)18-27(17-25)21-38/h4-15,24-27,36H,16-22H2,1-3H3,(H,39,42). The zero-order valence-corrected chi connectivity index (χ0v) is 25.5. The molecule has 2 amide bonds. The summed E-state index contributed by atoms with van der Waals surface area (Å²) in [6.07, 6.45) is 7.89. The highest BCUT2D eigenvalue weighted by molar-refractivity contribution is 6.03. The Morgan fingerprint density at radius 1 is 0.907 bits per heavy atom. The maximum Gasteiger partial charge on any atom is 0.255 e. The zero-order chi connectivity index (χ0) is 29.5. The molecule has 1 aliphatic heterocycles. The Balaban J connectivity index is 1.17. The average Bonchev–Trinajstić information content (AvgIpc) is 3.43. The van der Waals surface area contributed by atoms with Crippen LogP contribution in [0.15, 0.2) is 72.8 Å². The summed E-state index contributed by atoms with van der Waals surface area (Å²) in [5.74, 6) is 2.37. The largest absolute Gasteiger partial charge is 0.352 e. The third-order valence-corrected chi connectivity index (χ3v) is 11.5. The summed E-state index contributed by atoms with van der Waals surface area (Å²) >= 11 is 0. The van der Waals surface area contributed by atoms with E-state index in [0.717, 1.165) is 51.0 Å². The van der Waals surface area contributed by atoms with Gasteiger partial charge in [-0.25, -0.2) is 0 Å². The molecule has 5 aliphatic rings. The van der Waals surface area contributed by atoms with E-state index in [0.29, 0.717) is 5.56 Å². The molecule has 5 nitrogen and oxygen atoms in total. The Morgan fingerprint density at radius 3 is 2.23 bits per heavy atom. The van der Waals surface area contributed by atoms with Crippen LogP contribution in [0, 0.1) is 30.1 Å². The predicted octanol–water partition coefficient (Wildman–Crippen LogP) is 7.42. The molecule has 0 saturated heterocycles. The van der Waals surface area contributed by atoms with Crippen LogP contribution in [0.1, 0.15) is 78.5 Å². The highest BCUT2D eigenvalue weighted by Gasteiger charge is 2.53. The molecule has 2 atom stereocenters. The Morgan fingerprint density at radius 2 is 1.53 bits per heavy atom. The fourth-order valence-electron chi connectivity index (χ4n) is 9.91. The fraction of sp³-hybridized carbons (Fsp3) is 0.421. The summed E-state index contributed by atoms with van der Waals surface area (Å²) in [6.45, 7) is 4.37. The molecule has 0 spiro atoms. The third kappa shape index (κ3) is 4.18. The summed E-state index contributed by atoms with van der Waals surface area (Å²) in [5.41, 5.74) is 7.48. The van der Waals surface area contributed by atoms with Gasteiger partial charge in [0.1, 0.15) is 6.54 Å². The van der Waals surface area contributed by atoms with Crippen molar-refractivity contribution in [3.63, 3.8) is 0 Å². The minimum Gasteiger partial charge on any atom is -0.352 e. The lowest BCUT2D eigenvalue weighted by molar-refractivity contribution is -0.126. The number of carbonyl (C=O) groups excluding carboxylic acids is 2. The Labute approximate surface area is 254 Å². The smallest absolute Gasteiger partial charge is 0.255 e. The monoisotopic (exact) mass is 571 g/mol. The Bertz CT molecular complexity index is 1710. The number of rotatable bonds is 6. The number of hydrogen-bond acceptors (Lipinski definition) is 2. The number of nitrogens with one attached hydrogen (secondary N) is 1. The van der Waals surface area contributed by atoms with Crippen molar-refractivity contribution >= 4 is 22.7 Å². The minimum absolute atomic E-state index is 0.0471. The summed E-state index contributed by atoms with van der Waals surface area (Å²) in [5, 5.41) is 4.55. The molecule has 0 radical (unpaired) electrons. The number of amides is 2. The van der Waals surface area contributed by atoms with Gasteiger partial charge in [0.25, 0.3) is 5.91 Å². The maximum absolute atomic E-state index is 14.1. The second-order valence-corrected chi connectivity index (χ2v) is 14.2. The van der Waals surface area contributed by atoms with E-state index in [1.165, 1.54) is 44.1 Å². The van der Waals surface area contributed by atoms with Crippen LogP contribution in [-0.4, -0.2) is 33.9 Å². The van der Waals surface area contributed by atoms with Gasteiger partial charge in [-0.15, -0.1) is 0 Å². The molecule has 1 N–H and O–H groups in total. The van der Waals surface area contributed by atoms with Crippen LogP contribution >= 0.6 is 0 Å². The topological polar surface area (TPSA) is 54.3 Å². The highest BCUT2D eigenvalue weighted by atomic mass is 16.2. The van der Waals surface area contributed by atoms with Crippen molar-refractivity contribution in [2.75, 3.05) is 6.54 Å². The molecule has 4 bridgehead atoms. The van der Waals surface area contributed by atoms with Crippen molar-refractivity contribution in [1.29, 1.82) is 0 Å². The van der Waals surface area contributed by atoms with Crippen molar-refractivity contribution in [3.05, 3.63) is 95.1 Å². The second-order valence-electron chi connectivity index (χ2n) is 14.2. The van der Waals surface area contributed by atoms with E-state index >= 15 is 0 Å². The van der Waals surface area contributed by atoms with Crippen LogP contribution in [0.2, 0.25) is 0 Å². The van der Waals surface area contributed by atoms with Gasteiger partial charge in [-0.2, -0.15) is 0 Å². The maximum atomic E-state index is 14.1. The summed E-state index contributed by atoms with van der Waals surface area (Å²) in [6, 6.07) is 24.7. The molecule has 4 saturated carbocycles. The number of carbonyl (C=O) groups is 2. The first kappa shape index (κ1) is 26.7. The van der Waals surface area contributed by atoms with Crippen LogP contribution in [0.5, 0.6) is 0 Å². The van der Waals surface area contributed by atoms with Gasteiger partial charge in [0.2, 0.25) is 5.91 Å². The van der Waals surface area contributed by atoms with Crippen molar-refractivity contribution in [1.82, 2.24) is 14.8 Å². The molecular formula is C38H41N3O2. The lowest BCUT2D eigenvalue weighted by Crippen LogP contribution is -2.56. The van der Waals surface area contributed by atoms with Crippen LogP contribution in [0.4, 0.5) is 0 Å². The molecule has 4 aromatic rings. The molecule has 9 rings (SSSR count). The zero-order valence-electron chi connectivity index (χ0n) is 25.5.